The van der Waals surface area contributed by atoms with Gasteiger partial charge in [-0.3, -0.25) is 4.79 Å². The summed E-state index contributed by atoms with van der Waals surface area (Å²) in [6, 6.07) is 0. The molecular formula is C61H108O4. The van der Waals surface area contributed by atoms with Crippen LogP contribution in [0, 0.1) is 122 Å². The molecule has 0 heterocycles. The molecule has 8 aliphatic carbocycles. The van der Waals surface area contributed by atoms with Gasteiger partial charge in [0.1, 0.15) is 0 Å². The number of carbonyl (C=O) groups is 1. The summed E-state index contributed by atoms with van der Waals surface area (Å²) >= 11 is 0. The van der Waals surface area contributed by atoms with Gasteiger partial charge in [0.05, 0.1) is 19.3 Å². The van der Waals surface area contributed by atoms with E-state index in [0.29, 0.717) is 52.8 Å². The molecule has 0 spiro atoms. The normalized spacial score (nSPS) is 45.6. The Morgan fingerprint density at radius 2 is 1.34 bits per heavy atom. The number of ether oxygens (including phenoxy) is 1. The Hall–Kier alpha value is -0.870. The van der Waals surface area contributed by atoms with Crippen LogP contribution in [0.5, 0.6) is 0 Å². The Bertz CT molecular complexity index is 1600. The SMILES string of the molecule is C.CCC(CCC(C)C1CCC2C3CC=C4CC(C(C)C)CCC4(C)C3CCC12C)C(C)C.COC(=O)CCC(C)C1CCC2C3C(O)CC4CC(C(C)C)CCC4(C)C3CC(O)C12C. The minimum atomic E-state index is -0.313. The number of methoxy groups -OCH3 is 1. The van der Waals surface area contributed by atoms with Crippen molar-refractivity contribution < 1.29 is 19.7 Å². The summed E-state index contributed by atoms with van der Waals surface area (Å²) in [5.74, 6) is 12.3. The van der Waals surface area contributed by atoms with Crippen LogP contribution in [0.1, 0.15) is 226 Å². The zero-order chi connectivity index (χ0) is 46.7. The Morgan fingerprint density at radius 3 is 1.98 bits per heavy atom. The standard InChI is InChI=1S/C32H56.C28H48O4.CH4/c1-9-24(21(2)3)11-10-23(6)28-14-15-29-27-13-12-26-20-25(22(4)5)16-18-31(26,7)30(27)17-19-32(28,29)8;1-16(2)18-11-12-27(4)19(13-18)14-23(29)26-21-9-8-20(17(3)7-10-25(31)32-6)28(21,5)24(30)15-22(26)27;/h12,21-25,27-30H,9-11,13-20H2,1-8H3;16-24,26,29-30H,7-15H2,1-6H3;1H4. The molecule has 0 aromatic heterocycles. The van der Waals surface area contributed by atoms with Crippen molar-refractivity contribution in [2.45, 2.75) is 238 Å². The predicted molar refractivity (Wildman–Crippen MR) is 274 cm³/mol. The Balaban J connectivity index is 0.000000212. The molecule has 8 aliphatic rings. The van der Waals surface area contributed by atoms with E-state index in [9.17, 15) is 15.0 Å². The maximum atomic E-state index is 11.7. The van der Waals surface area contributed by atoms with E-state index in [1.807, 2.05) is 5.57 Å². The third-order valence-corrected chi connectivity index (χ3v) is 23.9. The van der Waals surface area contributed by atoms with Gasteiger partial charge < -0.3 is 14.9 Å². The molecule has 4 heteroatoms. The maximum absolute atomic E-state index is 11.7. The average Bonchev–Trinajstić information content (AvgIpc) is 3.80. The van der Waals surface area contributed by atoms with Crippen molar-refractivity contribution in [3.63, 3.8) is 0 Å². The minimum Gasteiger partial charge on any atom is -0.469 e. The number of hydrogen-bond donors (Lipinski definition) is 2. The van der Waals surface area contributed by atoms with Crippen LogP contribution in [0.15, 0.2) is 11.6 Å². The molecule has 8 rings (SSSR count). The van der Waals surface area contributed by atoms with Crippen molar-refractivity contribution in [3.05, 3.63) is 11.6 Å². The summed E-state index contributed by atoms with van der Waals surface area (Å²) in [7, 11) is 1.46. The lowest BCUT2D eigenvalue weighted by Gasteiger charge is -2.64. The maximum Gasteiger partial charge on any atom is 0.305 e. The number of esters is 1. The fraction of sp³-hybridized carbons (Fsp3) is 0.951. The zero-order valence-corrected chi connectivity index (χ0v) is 44.4. The van der Waals surface area contributed by atoms with Crippen LogP contribution in [-0.2, 0) is 9.53 Å². The monoisotopic (exact) mass is 905 g/mol. The average molecular weight is 906 g/mol. The summed E-state index contributed by atoms with van der Waals surface area (Å²) in [6.07, 6.45) is 27.5. The lowest BCUT2D eigenvalue weighted by molar-refractivity contribution is -0.205. The Kier molecular flexibility index (Phi) is 17.1. The summed E-state index contributed by atoms with van der Waals surface area (Å²) in [5.41, 5.74) is 3.14. The van der Waals surface area contributed by atoms with Gasteiger partial charge in [0, 0.05) is 6.42 Å². The molecule has 376 valence electrons. The van der Waals surface area contributed by atoms with Crippen molar-refractivity contribution in [3.8, 4) is 0 Å². The zero-order valence-electron chi connectivity index (χ0n) is 44.4. The second-order valence-electron chi connectivity index (χ2n) is 27.2. The highest BCUT2D eigenvalue weighted by atomic mass is 16.5. The van der Waals surface area contributed by atoms with Crippen LogP contribution in [-0.4, -0.2) is 35.5 Å². The van der Waals surface area contributed by atoms with Crippen LogP contribution in [0.2, 0.25) is 0 Å². The van der Waals surface area contributed by atoms with Crippen molar-refractivity contribution >= 4 is 5.97 Å². The van der Waals surface area contributed by atoms with E-state index in [0.717, 1.165) is 97.2 Å². The van der Waals surface area contributed by atoms with Gasteiger partial charge in [0.15, 0.2) is 0 Å². The first kappa shape index (κ1) is 53.5. The van der Waals surface area contributed by atoms with E-state index in [2.05, 4.69) is 96.1 Å². The number of carbonyl (C=O) groups excluding carboxylic acids is 1. The highest BCUT2D eigenvalue weighted by Crippen LogP contribution is 2.70. The van der Waals surface area contributed by atoms with Crippen molar-refractivity contribution in [1.82, 2.24) is 0 Å². The first-order valence-electron chi connectivity index (χ1n) is 28.3. The van der Waals surface area contributed by atoms with E-state index in [-0.39, 0.29) is 36.4 Å². The summed E-state index contributed by atoms with van der Waals surface area (Å²) in [6.45, 7) is 32.0. The number of allylic oxidation sites excluding steroid dienone is 2. The minimum absolute atomic E-state index is 0. The van der Waals surface area contributed by atoms with Gasteiger partial charge in [0.25, 0.3) is 0 Å². The number of hydrogen-bond acceptors (Lipinski definition) is 4. The smallest absolute Gasteiger partial charge is 0.305 e. The molecule has 0 saturated heterocycles. The highest BCUT2D eigenvalue weighted by Gasteiger charge is 2.66. The fourth-order valence-corrected chi connectivity index (χ4v) is 19.4. The van der Waals surface area contributed by atoms with Crippen LogP contribution >= 0.6 is 0 Å². The first-order chi connectivity index (χ1) is 30.1. The van der Waals surface area contributed by atoms with Gasteiger partial charge in [0.2, 0.25) is 0 Å². The molecule has 20 atom stereocenters. The molecule has 65 heavy (non-hydrogen) atoms. The van der Waals surface area contributed by atoms with Crippen molar-refractivity contribution in [2.24, 2.45) is 122 Å². The number of aliphatic hydroxyl groups excluding tert-OH is 2. The number of rotatable bonds is 12. The van der Waals surface area contributed by atoms with Crippen LogP contribution in [0.4, 0.5) is 0 Å². The third kappa shape index (κ3) is 9.68. The fourth-order valence-electron chi connectivity index (χ4n) is 19.4. The largest absolute Gasteiger partial charge is 0.469 e. The van der Waals surface area contributed by atoms with Gasteiger partial charge >= 0.3 is 5.97 Å². The lowest BCUT2D eigenvalue weighted by Crippen LogP contribution is -2.62. The summed E-state index contributed by atoms with van der Waals surface area (Å²) in [4.78, 5) is 11.7. The first-order valence-corrected chi connectivity index (χ1v) is 28.3. The highest BCUT2D eigenvalue weighted by molar-refractivity contribution is 5.69. The quantitative estimate of drug-likeness (QED) is 0.151. The molecule has 0 aromatic carbocycles. The molecule has 20 unspecified atom stereocenters. The van der Waals surface area contributed by atoms with Gasteiger partial charge in [-0.2, -0.15) is 0 Å². The number of fused-ring (bicyclic) bond motifs is 10. The Morgan fingerprint density at radius 1 is 0.708 bits per heavy atom. The predicted octanol–water partition coefficient (Wildman–Crippen LogP) is 16.0. The summed E-state index contributed by atoms with van der Waals surface area (Å²) < 4.78 is 4.86. The van der Waals surface area contributed by atoms with E-state index in [4.69, 9.17) is 4.74 Å². The van der Waals surface area contributed by atoms with Crippen molar-refractivity contribution in [1.29, 1.82) is 0 Å². The third-order valence-electron chi connectivity index (χ3n) is 23.9. The van der Waals surface area contributed by atoms with Gasteiger partial charge in [-0.15, -0.1) is 0 Å². The molecule has 7 fully saturated rings. The molecule has 4 nitrogen and oxygen atoms in total. The molecule has 0 radical (unpaired) electrons. The van der Waals surface area contributed by atoms with Gasteiger partial charge in [-0.05, 0) is 231 Å². The molecule has 0 amide bonds. The second-order valence-corrected chi connectivity index (χ2v) is 27.2. The topological polar surface area (TPSA) is 66.8 Å². The van der Waals surface area contributed by atoms with Crippen LogP contribution in [0.25, 0.3) is 0 Å². The van der Waals surface area contributed by atoms with E-state index in [1.165, 1.54) is 97.0 Å². The van der Waals surface area contributed by atoms with E-state index < -0.39 is 0 Å². The van der Waals surface area contributed by atoms with Crippen LogP contribution in [0.3, 0.4) is 0 Å². The van der Waals surface area contributed by atoms with E-state index >= 15 is 0 Å². The van der Waals surface area contributed by atoms with Crippen LogP contribution < -0.4 is 0 Å². The molecule has 2 N–H and O–H groups in total. The summed E-state index contributed by atoms with van der Waals surface area (Å²) in [5, 5.41) is 23.2. The molecule has 0 aromatic rings. The van der Waals surface area contributed by atoms with E-state index in [1.54, 1.807) is 0 Å². The molecule has 0 aliphatic heterocycles. The van der Waals surface area contributed by atoms with Gasteiger partial charge in [-0.1, -0.05) is 122 Å². The Labute approximate surface area is 403 Å². The molecular weight excluding hydrogens is 797 g/mol. The van der Waals surface area contributed by atoms with Crippen molar-refractivity contribution in [2.75, 3.05) is 7.11 Å². The second kappa shape index (κ2) is 20.8. The molecule has 7 saturated carbocycles. The number of aliphatic hydroxyl groups is 2. The van der Waals surface area contributed by atoms with Gasteiger partial charge in [-0.25, -0.2) is 0 Å². The molecule has 0 bridgehead atoms. The lowest BCUT2D eigenvalue weighted by atomic mass is 9.42.